The Bertz CT molecular complexity index is 577. The van der Waals surface area contributed by atoms with Gasteiger partial charge < -0.3 is 9.64 Å². The molecule has 128 valence electrons. The van der Waals surface area contributed by atoms with Gasteiger partial charge in [0.05, 0.1) is 0 Å². The highest BCUT2D eigenvalue weighted by atomic mass is 35.5. The molecule has 0 spiro atoms. The molecule has 1 atom stereocenters. The van der Waals surface area contributed by atoms with Crippen molar-refractivity contribution in [3.05, 3.63) is 22.2 Å². The first-order valence-corrected chi connectivity index (χ1v) is 8.26. The second-order valence-electron chi connectivity index (χ2n) is 6.74. The molecule has 1 aromatic rings. The van der Waals surface area contributed by atoms with E-state index in [0.717, 1.165) is 12.0 Å². The molecule has 0 bridgehead atoms. The number of likely N-dealkylation sites (tertiary alicyclic amines) is 1. The Kier molecular flexibility index (Phi) is 5.70. The zero-order valence-corrected chi connectivity index (χ0v) is 15.4. The topological polar surface area (TPSA) is 58.6 Å². The summed E-state index contributed by atoms with van der Waals surface area (Å²) in [5.74, 6) is 0. The van der Waals surface area contributed by atoms with Crippen molar-refractivity contribution in [2.45, 2.75) is 45.4 Å². The van der Waals surface area contributed by atoms with Gasteiger partial charge in [0.1, 0.15) is 10.8 Å². The van der Waals surface area contributed by atoms with Crippen LogP contribution in [0.15, 0.2) is 6.20 Å². The van der Waals surface area contributed by atoms with Gasteiger partial charge in [-0.1, -0.05) is 11.6 Å². The van der Waals surface area contributed by atoms with Gasteiger partial charge >= 0.3 is 6.09 Å². The number of ether oxygens (including phenoxy) is 1. The maximum Gasteiger partial charge on any atom is 0.410 e. The molecule has 1 aromatic heterocycles. The lowest BCUT2D eigenvalue weighted by Crippen LogP contribution is -2.38. The minimum Gasteiger partial charge on any atom is -0.444 e. The van der Waals surface area contributed by atoms with E-state index in [2.05, 4.69) is 14.9 Å². The SMILES string of the molecule is CN(Cc1cnc(Cl)nc1Cl)[C@H]1CCN(C(=O)OC(C)(C)C)C1. The van der Waals surface area contributed by atoms with Gasteiger partial charge in [-0.25, -0.2) is 14.8 Å². The number of hydrogen-bond donors (Lipinski definition) is 0. The molecular formula is C15H22Cl2N4O2. The molecular weight excluding hydrogens is 339 g/mol. The first-order valence-electron chi connectivity index (χ1n) is 7.51. The van der Waals surface area contributed by atoms with Crippen LogP contribution in [-0.2, 0) is 11.3 Å². The van der Waals surface area contributed by atoms with E-state index in [1.54, 1.807) is 11.1 Å². The average molecular weight is 361 g/mol. The third-order valence-electron chi connectivity index (χ3n) is 3.64. The molecule has 2 rings (SSSR count). The number of likely N-dealkylation sites (N-methyl/N-ethyl adjacent to an activating group) is 1. The van der Waals surface area contributed by atoms with Gasteiger partial charge in [0.25, 0.3) is 0 Å². The van der Waals surface area contributed by atoms with Crippen LogP contribution in [0.4, 0.5) is 4.79 Å². The number of aromatic nitrogens is 2. The lowest BCUT2D eigenvalue weighted by Gasteiger charge is -2.26. The molecule has 0 radical (unpaired) electrons. The van der Waals surface area contributed by atoms with Crippen molar-refractivity contribution in [2.24, 2.45) is 0 Å². The Balaban J connectivity index is 1.92. The number of halogens is 2. The number of nitrogens with zero attached hydrogens (tertiary/aromatic N) is 4. The first kappa shape index (κ1) is 18.2. The Morgan fingerprint density at radius 2 is 2.17 bits per heavy atom. The molecule has 1 fully saturated rings. The van der Waals surface area contributed by atoms with Crippen LogP contribution in [-0.4, -0.2) is 57.6 Å². The summed E-state index contributed by atoms with van der Waals surface area (Å²) in [5, 5.41) is 0.497. The molecule has 0 saturated carbocycles. The third kappa shape index (κ3) is 5.19. The number of carbonyl (C=O) groups excluding carboxylic acids is 1. The highest BCUT2D eigenvalue weighted by molar-refractivity contribution is 6.32. The molecule has 0 N–H and O–H groups in total. The van der Waals surface area contributed by atoms with Gasteiger partial charge in [0.15, 0.2) is 0 Å². The maximum atomic E-state index is 12.1. The van der Waals surface area contributed by atoms with Crippen molar-refractivity contribution in [1.29, 1.82) is 0 Å². The van der Waals surface area contributed by atoms with Gasteiger partial charge in [-0.05, 0) is 45.8 Å². The summed E-state index contributed by atoms with van der Waals surface area (Å²) in [6, 6.07) is 0.245. The fourth-order valence-electron chi connectivity index (χ4n) is 2.46. The van der Waals surface area contributed by atoms with E-state index in [1.165, 1.54) is 0 Å². The molecule has 1 aliphatic heterocycles. The van der Waals surface area contributed by atoms with Crippen molar-refractivity contribution in [1.82, 2.24) is 19.8 Å². The lowest BCUT2D eigenvalue weighted by molar-refractivity contribution is 0.0282. The van der Waals surface area contributed by atoms with E-state index in [9.17, 15) is 4.79 Å². The van der Waals surface area contributed by atoms with Crippen LogP contribution in [0.25, 0.3) is 0 Å². The van der Waals surface area contributed by atoms with Crippen LogP contribution in [0.3, 0.4) is 0 Å². The van der Waals surface area contributed by atoms with Gasteiger partial charge in [0.2, 0.25) is 5.28 Å². The Labute approximate surface area is 146 Å². The number of hydrogen-bond acceptors (Lipinski definition) is 5. The summed E-state index contributed by atoms with van der Waals surface area (Å²) in [6.07, 6.45) is 2.26. The van der Waals surface area contributed by atoms with Crippen LogP contribution in [0.5, 0.6) is 0 Å². The van der Waals surface area contributed by atoms with E-state index >= 15 is 0 Å². The fraction of sp³-hybridized carbons (Fsp3) is 0.667. The van der Waals surface area contributed by atoms with Crippen molar-refractivity contribution in [2.75, 3.05) is 20.1 Å². The van der Waals surface area contributed by atoms with Crippen molar-refractivity contribution >= 4 is 29.3 Å². The minimum atomic E-state index is -0.477. The summed E-state index contributed by atoms with van der Waals surface area (Å²) in [6.45, 7) is 7.53. The smallest absolute Gasteiger partial charge is 0.410 e. The van der Waals surface area contributed by atoms with Crippen LogP contribution < -0.4 is 0 Å². The maximum absolute atomic E-state index is 12.1. The second-order valence-corrected chi connectivity index (χ2v) is 7.44. The predicted octanol–water partition coefficient (Wildman–Crippen LogP) is 3.22. The average Bonchev–Trinajstić information content (AvgIpc) is 2.90. The van der Waals surface area contributed by atoms with Gasteiger partial charge in [0, 0.05) is 37.4 Å². The van der Waals surface area contributed by atoms with E-state index < -0.39 is 5.60 Å². The van der Waals surface area contributed by atoms with E-state index in [-0.39, 0.29) is 17.4 Å². The summed E-state index contributed by atoms with van der Waals surface area (Å²) >= 11 is 11.8. The van der Waals surface area contributed by atoms with E-state index in [1.807, 2.05) is 27.8 Å². The Hall–Kier alpha value is -1.11. The molecule has 23 heavy (non-hydrogen) atoms. The summed E-state index contributed by atoms with van der Waals surface area (Å²) in [4.78, 5) is 23.9. The number of rotatable bonds is 3. The van der Waals surface area contributed by atoms with Gasteiger partial charge in [-0.2, -0.15) is 0 Å². The second kappa shape index (κ2) is 7.20. The molecule has 8 heteroatoms. The Morgan fingerprint density at radius 1 is 1.48 bits per heavy atom. The molecule has 6 nitrogen and oxygen atoms in total. The van der Waals surface area contributed by atoms with Crippen molar-refractivity contribution in [3.63, 3.8) is 0 Å². The van der Waals surface area contributed by atoms with Crippen LogP contribution in [0.1, 0.15) is 32.8 Å². The molecule has 2 heterocycles. The largest absolute Gasteiger partial charge is 0.444 e. The van der Waals surface area contributed by atoms with Gasteiger partial charge in [-0.15, -0.1) is 0 Å². The van der Waals surface area contributed by atoms with Gasteiger partial charge in [-0.3, -0.25) is 4.90 Å². The zero-order chi connectivity index (χ0) is 17.2. The third-order valence-corrected chi connectivity index (χ3v) is 4.15. The normalized spacial score (nSPS) is 18.6. The van der Waals surface area contributed by atoms with Crippen LogP contribution in [0, 0.1) is 0 Å². The van der Waals surface area contributed by atoms with Crippen molar-refractivity contribution in [3.8, 4) is 0 Å². The molecule has 1 aliphatic rings. The van der Waals surface area contributed by atoms with Crippen LogP contribution >= 0.6 is 23.2 Å². The highest BCUT2D eigenvalue weighted by Gasteiger charge is 2.31. The van der Waals surface area contributed by atoms with E-state index in [4.69, 9.17) is 27.9 Å². The quantitative estimate of drug-likeness (QED) is 0.611. The van der Waals surface area contributed by atoms with Crippen LogP contribution in [0.2, 0.25) is 10.4 Å². The molecule has 0 aliphatic carbocycles. The monoisotopic (exact) mass is 360 g/mol. The highest BCUT2D eigenvalue weighted by Crippen LogP contribution is 2.21. The first-order chi connectivity index (χ1) is 10.7. The minimum absolute atomic E-state index is 0.137. The summed E-state index contributed by atoms with van der Waals surface area (Å²) in [7, 11) is 1.99. The predicted molar refractivity (Wildman–Crippen MR) is 89.7 cm³/mol. The van der Waals surface area contributed by atoms with E-state index in [0.29, 0.717) is 24.8 Å². The van der Waals surface area contributed by atoms with Crippen molar-refractivity contribution < 1.29 is 9.53 Å². The standard InChI is InChI=1S/C15H22Cl2N4O2/c1-15(2,3)23-14(22)21-6-5-11(9-21)20(4)8-10-7-18-13(17)19-12(10)16/h7,11H,5-6,8-9H2,1-4H3/t11-/m0/s1. The lowest BCUT2D eigenvalue weighted by atomic mass is 10.2. The molecule has 1 amide bonds. The summed E-state index contributed by atoms with van der Waals surface area (Å²) < 4.78 is 5.41. The molecule has 0 aromatic carbocycles. The Morgan fingerprint density at radius 3 is 2.78 bits per heavy atom. The molecule has 0 unspecified atom stereocenters. The zero-order valence-electron chi connectivity index (χ0n) is 13.8. The fourth-order valence-corrected chi connectivity index (χ4v) is 2.83. The summed E-state index contributed by atoms with van der Waals surface area (Å²) in [5.41, 5.74) is 0.337. The molecule has 1 saturated heterocycles. The number of amides is 1. The number of carbonyl (C=O) groups is 1.